The first-order valence-electron chi connectivity index (χ1n) is 16.8. The SMILES string of the molecule is CC(C)(C)[C@H](NC(=O)NC1(Cc2ccccn2)CCCCC1)C(=O)N1CCC(C2CC2)[C@H]1C(=O)NC(CC1CC1)C(=O)C(N)=O. The fourth-order valence-electron chi connectivity index (χ4n) is 7.41. The van der Waals surface area contributed by atoms with Crippen molar-refractivity contribution in [3.05, 3.63) is 30.1 Å². The van der Waals surface area contributed by atoms with Crippen molar-refractivity contribution in [3.8, 4) is 0 Å². The molecule has 11 heteroatoms. The molecular formula is C34H50N6O5. The summed E-state index contributed by atoms with van der Waals surface area (Å²) < 4.78 is 0. The average molecular weight is 623 g/mol. The van der Waals surface area contributed by atoms with E-state index in [0.717, 1.165) is 63.5 Å². The van der Waals surface area contributed by atoms with E-state index in [0.29, 0.717) is 31.7 Å². The van der Waals surface area contributed by atoms with E-state index in [1.807, 2.05) is 39.0 Å². The third-order valence-corrected chi connectivity index (χ3v) is 10.2. The molecule has 3 saturated carbocycles. The molecule has 4 fully saturated rings. The van der Waals surface area contributed by atoms with Gasteiger partial charge in [0.25, 0.3) is 5.91 Å². The van der Waals surface area contributed by atoms with Crippen LogP contribution >= 0.6 is 0 Å². The summed E-state index contributed by atoms with van der Waals surface area (Å²) >= 11 is 0. The summed E-state index contributed by atoms with van der Waals surface area (Å²) in [6, 6.07) is 2.72. The van der Waals surface area contributed by atoms with Crippen LogP contribution in [0.3, 0.4) is 0 Å². The predicted molar refractivity (Wildman–Crippen MR) is 168 cm³/mol. The molecule has 0 radical (unpaired) electrons. The number of carbonyl (C=O) groups excluding carboxylic acids is 5. The normalized spacial score (nSPS) is 24.3. The number of amides is 5. The first-order chi connectivity index (χ1) is 21.4. The molecule has 4 aliphatic rings. The number of aromatic nitrogens is 1. The lowest BCUT2D eigenvalue weighted by molar-refractivity contribution is -0.144. The summed E-state index contributed by atoms with van der Waals surface area (Å²) in [7, 11) is 0. The van der Waals surface area contributed by atoms with Crippen LogP contribution in [0.15, 0.2) is 24.4 Å². The van der Waals surface area contributed by atoms with Gasteiger partial charge in [-0.15, -0.1) is 0 Å². The molecule has 1 aliphatic heterocycles. The van der Waals surface area contributed by atoms with Gasteiger partial charge in [-0.05, 0) is 73.8 Å². The maximum Gasteiger partial charge on any atom is 0.315 e. The van der Waals surface area contributed by atoms with Crippen molar-refractivity contribution in [3.63, 3.8) is 0 Å². The molecule has 11 nitrogen and oxygen atoms in total. The van der Waals surface area contributed by atoms with Crippen LogP contribution in [-0.2, 0) is 25.6 Å². The largest absolute Gasteiger partial charge is 0.363 e. The van der Waals surface area contributed by atoms with Crippen LogP contribution in [0.5, 0.6) is 0 Å². The molecule has 1 aromatic rings. The van der Waals surface area contributed by atoms with Crippen molar-refractivity contribution in [2.24, 2.45) is 28.9 Å². The first kappa shape index (κ1) is 32.9. The van der Waals surface area contributed by atoms with E-state index in [2.05, 4.69) is 20.9 Å². The van der Waals surface area contributed by atoms with Crippen LogP contribution in [0.4, 0.5) is 4.79 Å². The van der Waals surface area contributed by atoms with Gasteiger partial charge in [-0.1, -0.05) is 58.9 Å². The molecule has 5 rings (SSSR count). The molecule has 0 bridgehead atoms. The van der Waals surface area contributed by atoms with Crippen LogP contribution in [0.25, 0.3) is 0 Å². The second-order valence-electron chi connectivity index (χ2n) is 15.0. The minimum absolute atomic E-state index is 0.0440. The molecule has 1 aromatic heterocycles. The van der Waals surface area contributed by atoms with Crippen molar-refractivity contribution in [1.82, 2.24) is 25.8 Å². The van der Waals surface area contributed by atoms with Gasteiger partial charge in [0.1, 0.15) is 12.1 Å². The van der Waals surface area contributed by atoms with Crippen molar-refractivity contribution in [1.29, 1.82) is 0 Å². The average Bonchev–Trinajstić information content (AvgIpc) is 3.94. The summed E-state index contributed by atoms with van der Waals surface area (Å²) in [5.74, 6) is -2.05. The number of hydrogen-bond donors (Lipinski definition) is 4. The number of urea groups is 1. The minimum atomic E-state index is -1.07. The fraction of sp³-hybridized carbons (Fsp3) is 0.706. The molecule has 2 heterocycles. The van der Waals surface area contributed by atoms with E-state index in [1.54, 1.807) is 11.1 Å². The quantitative estimate of drug-likeness (QED) is 0.262. The maximum absolute atomic E-state index is 14.4. The Morgan fingerprint density at radius 2 is 1.71 bits per heavy atom. The monoisotopic (exact) mass is 622 g/mol. The van der Waals surface area contributed by atoms with E-state index in [-0.39, 0.29) is 17.7 Å². The van der Waals surface area contributed by atoms with E-state index in [1.165, 1.54) is 0 Å². The highest BCUT2D eigenvalue weighted by molar-refractivity contribution is 6.37. The van der Waals surface area contributed by atoms with Gasteiger partial charge in [0, 0.05) is 30.4 Å². The number of nitrogens with two attached hydrogens (primary N) is 1. The molecular weight excluding hydrogens is 572 g/mol. The number of rotatable bonds is 12. The first-order valence-corrected chi connectivity index (χ1v) is 16.8. The number of nitrogens with zero attached hydrogens (tertiary/aromatic N) is 2. The number of likely N-dealkylation sites (tertiary alicyclic amines) is 1. The van der Waals surface area contributed by atoms with Gasteiger partial charge < -0.3 is 26.6 Å². The number of primary amides is 1. The third-order valence-electron chi connectivity index (χ3n) is 10.2. The highest BCUT2D eigenvalue weighted by Crippen LogP contribution is 2.45. The number of nitrogens with one attached hydrogen (secondary N) is 3. The fourth-order valence-corrected chi connectivity index (χ4v) is 7.41. The van der Waals surface area contributed by atoms with Gasteiger partial charge in [-0.25, -0.2) is 4.79 Å². The molecule has 5 amide bonds. The van der Waals surface area contributed by atoms with Crippen LogP contribution in [-0.4, -0.2) is 69.6 Å². The van der Waals surface area contributed by atoms with Gasteiger partial charge in [0.05, 0.1) is 6.04 Å². The predicted octanol–water partition coefficient (Wildman–Crippen LogP) is 3.01. The van der Waals surface area contributed by atoms with Crippen LogP contribution in [0.2, 0.25) is 0 Å². The standard InChI is InChI=1S/C34H50N6O5/c1-33(2,3)28(38-32(45)39-34(15-6-4-7-16-34)20-23-9-5-8-17-36-23)31(44)40-18-14-24(22-12-13-22)26(40)30(43)37-25(19-21-10-11-21)27(41)29(35)42/h5,8-9,17,21-22,24-26,28H,4,6-7,10-16,18-20H2,1-3H3,(H2,35,42)(H,37,43)(H2,38,39,45)/t24?,25?,26-,28+/m0/s1. The Hall–Kier alpha value is -3.50. The smallest absolute Gasteiger partial charge is 0.315 e. The molecule has 1 saturated heterocycles. The maximum atomic E-state index is 14.4. The van der Waals surface area contributed by atoms with Gasteiger partial charge in [-0.2, -0.15) is 0 Å². The topological polar surface area (TPSA) is 164 Å². The zero-order valence-corrected chi connectivity index (χ0v) is 27.0. The lowest BCUT2D eigenvalue weighted by Gasteiger charge is -2.40. The van der Waals surface area contributed by atoms with Crippen molar-refractivity contribution in [2.45, 2.75) is 121 Å². The summed E-state index contributed by atoms with van der Waals surface area (Å²) in [6.45, 7) is 6.09. The molecule has 3 aliphatic carbocycles. The Morgan fingerprint density at radius 3 is 2.29 bits per heavy atom. The molecule has 0 aromatic carbocycles. The van der Waals surface area contributed by atoms with Crippen LogP contribution in [0, 0.1) is 23.2 Å². The van der Waals surface area contributed by atoms with Crippen molar-refractivity contribution < 1.29 is 24.0 Å². The van der Waals surface area contributed by atoms with E-state index in [4.69, 9.17) is 5.73 Å². The Labute approximate surface area is 266 Å². The lowest BCUT2D eigenvalue weighted by Crippen LogP contribution is -2.63. The molecule has 4 atom stereocenters. The van der Waals surface area contributed by atoms with Crippen LogP contribution < -0.4 is 21.7 Å². The highest BCUT2D eigenvalue weighted by Gasteiger charge is 2.51. The zero-order chi connectivity index (χ0) is 32.4. The van der Waals surface area contributed by atoms with Gasteiger partial charge in [0.2, 0.25) is 17.6 Å². The van der Waals surface area contributed by atoms with Gasteiger partial charge >= 0.3 is 6.03 Å². The number of carbonyl (C=O) groups is 5. The molecule has 2 unspecified atom stereocenters. The van der Waals surface area contributed by atoms with E-state index in [9.17, 15) is 24.0 Å². The van der Waals surface area contributed by atoms with E-state index >= 15 is 0 Å². The van der Waals surface area contributed by atoms with Crippen molar-refractivity contribution in [2.75, 3.05) is 6.54 Å². The Kier molecular flexibility index (Phi) is 9.84. The number of ketones is 1. The minimum Gasteiger partial charge on any atom is -0.363 e. The number of hydrogen-bond acceptors (Lipinski definition) is 6. The number of Topliss-reactive ketones (excluding diaryl/α,β-unsaturated/α-hetero) is 1. The highest BCUT2D eigenvalue weighted by atomic mass is 16.2. The summed E-state index contributed by atoms with van der Waals surface area (Å²) in [5, 5.41) is 9.08. The Bertz CT molecular complexity index is 1270. The van der Waals surface area contributed by atoms with Crippen molar-refractivity contribution >= 4 is 29.5 Å². The summed E-state index contributed by atoms with van der Waals surface area (Å²) in [6.07, 6.45) is 12.1. The third kappa shape index (κ3) is 8.21. The molecule has 0 spiro atoms. The zero-order valence-electron chi connectivity index (χ0n) is 27.0. The second-order valence-corrected chi connectivity index (χ2v) is 15.0. The summed E-state index contributed by atoms with van der Waals surface area (Å²) in [5.41, 5.74) is 5.13. The molecule has 45 heavy (non-hydrogen) atoms. The van der Waals surface area contributed by atoms with E-state index < -0.39 is 52.7 Å². The Morgan fingerprint density at radius 1 is 1.00 bits per heavy atom. The second kappa shape index (κ2) is 13.5. The van der Waals surface area contributed by atoms with Gasteiger partial charge in [0.15, 0.2) is 0 Å². The van der Waals surface area contributed by atoms with Crippen LogP contribution in [0.1, 0.15) is 97.1 Å². The Balaban J connectivity index is 1.33. The lowest BCUT2D eigenvalue weighted by atomic mass is 9.78. The summed E-state index contributed by atoms with van der Waals surface area (Å²) in [4.78, 5) is 72.5. The van der Waals surface area contributed by atoms with Gasteiger partial charge in [-0.3, -0.25) is 24.2 Å². The molecule has 5 N–H and O–H groups in total. The number of pyridine rings is 1. The molecule has 246 valence electrons.